The second-order valence-electron chi connectivity index (χ2n) is 6.31. The molecule has 0 aliphatic rings. The van der Waals surface area contributed by atoms with Crippen LogP contribution in [0.4, 0.5) is 11.9 Å². The van der Waals surface area contributed by atoms with Crippen LogP contribution in [0.25, 0.3) is 6.08 Å². The Morgan fingerprint density at radius 1 is 1.00 bits per heavy atom. The predicted octanol–water partition coefficient (Wildman–Crippen LogP) is 2.47. The molecule has 3 rings (SSSR count). The summed E-state index contributed by atoms with van der Waals surface area (Å²) in [4.78, 5) is 8.46. The van der Waals surface area contributed by atoms with Gasteiger partial charge in [-0.3, -0.25) is 10.2 Å². The van der Waals surface area contributed by atoms with Crippen molar-refractivity contribution < 1.29 is 0 Å². The van der Waals surface area contributed by atoms with Crippen molar-refractivity contribution in [2.45, 2.75) is 38.0 Å². The van der Waals surface area contributed by atoms with Crippen LogP contribution >= 0.6 is 0 Å². The topological polar surface area (TPSA) is 135 Å². The maximum absolute atomic E-state index is 5.69. The number of H-pyrrole nitrogens is 2. The van der Waals surface area contributed by atoms with Gasteiger partial charge in [0.15, 0.2) is 0 Å². The van der Waals surface area contributed by atoms with Crippen LogP contribution in [-0.2, 0) is 12.8 Å². The Morgan fingerprint density at radius 3 is 2.35 bits per heavy atom. The zero-order chi connectivity index (χ0) is 18.4. The highest BCUT2D eigenvalue weighted by molar-refractivity contribution is 5.47. The Hall–Kier alpha value is -3.16. The largest absolute Gasteiger partial charge is 0.367 e. The monoisotopic (exact) mass is 352 g/mol. The summed E-state index contributed by atoms with van der Waals surface area (Å²) in [5.41, 5.74) is 13.6. The number of nitrogen functional groups attached to an aromatic ring is 2. The van der Waals surface area contributed by atoms with Gasteiger partial charge in [-0.05, 0) is 30.4 Å². The molecule has 0 amide bonds. The fraction of sp³-hybridized carbons (Fsp3) is 0.333. The number of hydrogen-bond acceptors (Lipinski definition) is 6. The van der Waals surface area contributed by atoms with E-state index in [4.69, 9.17) is 11.5 Å². The lowest BCUT2D eigenvalue weighted by Gasteiger charge is -2.14. The maximum atomic E-state index is 5.69. The van der Waals surface area contributed by atoms with E-state index < -0.39 is 0 Å². The molecule has 0 spiro atoms. The zero-order valence-corrected chi connectivity index (χ0v) is 14.7. The fourth-order valence-corrected chi connectivity index (χ4v) is 2.99. The number of aromatic nitrogens is 6. The van der Waals surface area contributed by atoms with Gasteiger partial charge in [0, 0.05) is 12.3 Å². The van der Waals surface area contributed by atoms with Crippen LogP contribution in [0.2, 0.25) is 0 Å². The third-order valence-electron chi connectivity index (χ3n) is 4.37. The van der Waals surface area contributed by atoms with Gasteiger partial charge < -0.3 is 11.5 Å². The quantitative estimate of drug-likeness (QED) is 0.437. The molecular weight excluding hydrogens is 328 g/mol. The molecule has 1 aromatic carbocycles. The Kier molecular flexibility index (Phi) is 5.62. The number of aryl methyl sites for hydroxylation is 1. The average Bonchev–Trinajstić information content (AvgIpc) is 3.26. The molecule has 26 heavy (non-hydrogen) atoms. The van der Waals surface area contributed by atoms with Gasteiger partial charge in [0.1, 0.15) is 11.6 Å². The van der Waals surface area contributed by atoms with Gasteiger partial charge in [0.25, 0.3) is 0 Å². The summed E-state index contributed by atoms with van der Waals surface area (Å²) in [5, 5.41) is 13.6. The first-order valence-electron chi connectivity index (χ1n) is 8.70. The molecule has 8 nitrogen and oxygen atoms in total. The van der Waals surface area contributed by atoms with Crippen LogP contribution in [0.15, 0.2) is 30.8 Å². The van der Waals surface area contributed by atoms with Gasteiger partial charge in [0.05, 0.1) is 0 Å². The molecule has 0 saturated carbocycles. The molecule has 0 bridgehead atoms. The molecule has 0 radical (unpaired) electrons. The van der Waals surface area contributed by atoms with E-state index in [1.54, 1.807) is 0 Å². The number of nitrogens with one attached hydrogen (secondary N) is 2. The van der Waals surface area contributed by atoms with Crippen molar-refractivity contribution in [3.63, 3.8) is 0 Å². The minimum Gasteiger partial charge on any atom is -0.367 e. The van der Waals surface area contributed by atoms with E-state index in [1.165, 1.54) is 5.56 Å². The van der Waals surface area contributed by atoms with Crippen molar-refractivity contribution >= 4 is 18.0 Å². The molecule has 8 heteroatoms. The van der Waals surface area contributed by atoms with Gasteiger partial charge >= 0.3 is 0 Å². The minimum absolute atomic E-state index is 0.231. The van der Waals surface area contributed by atoms with Gasteiger partial charge in [-0.1, -0.05) is 43.3 Å². The van der Waals surface area contributed by atoms with Crippen molar-refractivity contribution in [3.05, 3.63) is 53.6 Å². The van der Waals surface area contributed by atoms with Crippen LogP contribution in [0, 0.1) is 0 Å². The molecule has 2 aromatic heterocycles. The fourth-order valence-electron chi connectivity index (χ4n) is 2.99. The SMILES string of the molecule is C=Cc1ccc(CC(CCCCc2nc(N)n[nH]2)c2nc(N)n[nH]2)cc1. The van der Waals surface area contributed by atoms with Crippen molar-refractivity contribution in [1.29, 1.82) is 0 Å². The van der Waals surface area contributed by atoms with Gasteiger partial charge in [0.2, 0.25) is 11.9 Å². The average molecular weight is 352 g/mol. The van der Waals surface area contributed by atoms with Crippen LogP contribution in [-0.4, -0.2) is 30.4 Å². The van der Waals surface area contributed by atoms with E-state index in [2.05, 4.69) is 61.2 Å². The number of unbranched alkanes of at least 4 members (excludes halogenated alkanes) is 1. The highest BCUT2D eigenvalue weighted by atomic mass is 15.3. The van der Waals surface area contributed by atoms with Crippen molar-refractivity contribution in [1.82, 2.24) is 30.4 Å². The standard InChI is InChI=1S/C18H24N8/c1-2-12-7-9-13(10-8-12)11-14(16-22-18(20)26-24-16)5-3-4-6-15-21-17(19)25-23-15/h2,7-10,14H,1,3-6,11H2,(H3,19,21,23,25)(H3,20,22,24,26). The van der Waals surface area contributed by atoms with Gasteiger partial charge in [-0.25, -0.2) is 0 Å². The van der Waals surface area contributed by atoms with Crippen LogP contribution in [0.5, 0.6) is 0 Å². The number of nitrogens with zero attached hydrogens (tertiary/aromatic N) is 4. The lowest BCUT2D eigenvalue weighted by atomic mass is 9.92. The number of anilines is 2. The smallest absolute Gasteiger partial charge is 0.239 e. The summed E-state index contributed by atoms with van der Waals surface area (Å²) < 4.78 is 0. The molecule has 0 fully saturated rings. The number of rotatable bonds is 9. The van der Waals surface area contributed by atoms with E-state index in [0.29, 0.717) is 0 Å². The summed E-state index contributed by atoms with van der Waals surface area (Å²) in [7, 11) is 0. The second kappa shape index (κ2) is 8.28. The first-order valence-corrected chi connectivity index (χ1v) is 8.70. The van der Waals surface area contributed by atoms with Crippen molar-refractivity contribution in [3.8, 4) is 0 Å². The molecule has 2 heterocycles. The highest BCUT2D eigenvalue weighted by Crippen LogP contribution is 2.25. The highest BCUT2D eigenvalue weighted by Gasteiger charge is 2.16. The van der Waals surface area contributed by atoms with E-state index in [0.717, 1.165) is 49.3 Å². The van der Waals surface area contributed by atoms with Gasteiger partial charge in [-0.15, -0.1) is 10.2 Å². The normalized spacial score (nSPS) is 12.2. The Bertz CT molecular complexity index is 833. The molecule has 0 aliphatic carbocycles. The lowest BCUT2D eigenvalue weighted by molar-refractivity contribution is 0.542. The summed E-state index contributed by atoms with van der Waals surface area (Å²) in [6, 6.07) is 8.40. The molecule has 3 aromatic rings. The second-order valence-corrected chi connectivity index (χ2v) is 6.31. The lowest BCUT2D eigenvalue weighted by Crippen LogP contribution is -2.06. The Labute approximate surface area is 152 Å². The van der Waals surface area contributed by atoms with E-state index in [-0.39, 0.29) is 17.8 Å². The summed E-state index contributed by atoms with van der Waals surface area (Å²) in [6.45, 7) is 3.79. The predicted molar refractivity (Wildman–Crippen MR) is 102 cm³/mol. The third kappa shape index (κ3) is 4.69. The molecule has 6 N–H and O–H groups in total. The van der Waals surface area contributed by atoms with E-state index in [1.807, 2.05) is 6.08 Å². The maximum Gasteiger partial charge on any atom is 0.239 e. The third-order valence-corrected chi connectivity index (χ3v) is 4.37. The van der Waals surface area contributed by atoms with Crippen LogP contribution in [0.1, 0.15) is 48.0 Å². The van der Waals surface area contributed by atoms with Crippen molar-refractivity contribution in [2.75, 3.05) is 11.5 Å². The molecule has 1 atom stereocenters. The summed E-state index contributed by atoms with van der Waals surface area (Å²) in [6.07, 6.45) is 6.53. The zero-order valence-electron chi connectivity index (χ0n) is 14.7. The molecule has 136 valence electrons. The number of aromatic amines is 2. The molecule has 0 saturated heterocycles. The molecule has 1 unspecified atom stereocenters. The molecular formula is C18H24N8. The number of benzene rings is 1. The molecule has 0 aliphatic heterocycles. The van der Waals surface area contributed by atoms with E-state index in [9.17, 15) is 0 Å². The summed E-state index contributed by atoms with van der Waals surface area (Å²) in [5.74, 6) is 2.46. The van der Waals surface area contributed by atoms with Crippen LogP contribution < -0.4 is 11.5 Å². The number of nitrogens with two attached hydrogens (primary N) is 2. The first kappa shape index (κ1) is 17.7. The van der Waals surface area contributed by atoms with Gasteiger partial charge in [-0.2, -0.15) is 9.97 Å². The number of hydrogen-bond donors (Lipinski definition) is 4. The first-order chi connectivity index (χ1) is 12.6. The minimum atomic E-state index is 0.231. The van der Waals surface area contributed by atoms with Crippen molar-refractivity contribution in [2.24, 2.45) is 0 Å². The van der Waals surface area contributed by atoms with E-state index >= 15 is 0 Å². The Balaban J connectivity index is 1.60. The van der Waals surface area contributed by atoms with Crippen LogP contribution in [0.3, 0.4) is 0 Å². The summed E-state index contributed by atoms with van der Waals surface area (Å²) >= 11 is 0. The Morgan fingerprint density at radius 2 is 1.73 bits per heavy atom.